The van der Waals surface area contributed by atoms with Crippen LogP contribution in [0.25, 0.3) is 0 Å². The maximum Gasteiger partial charge on any atom is 0.270 e. The van der Waals surface area contributed by atoms with Crippen molar-refractivity contribution in [1.82, 2.24) is 9.78 Å². The Labute approximate surface area is 130 Å². The van der Waals surface area contributed by atoms with Crippen molar-refractivity contribution in [3.63, 3.8) is 0 Å². The normalized spacial score (nSPS) is 11.7. The molecule has 2 aromatic rings. The molecule has 0 fully saturated rings. The zero-order chi connectivity index (χ0) is 15.8. The van der Waals surface area contributed by atoms with Crippen LogP contribution in [0.4, 0.5) is 0 Å². The number of carbonyl (C=O) groups excluding carboxylic acids is 1. The Morgan fingerprint density at radius 1 is 1.19 bits per heavy atom. The van der Waals surface area contributed by atoms with Gasteiger partial charge in [0.2, 0.25) is 0 Å². The van der Waals surface area contributed by atoms with Gasteiger partial charge in [-0.1, -0.05) is 39.0 Å². The summed E-state index contributed by atoms with van der Waals surface area (Å²) in [5, 5.41) is 4.09. The van der Waals surface area contributed by atoms with Gasteiger partial charge in [0.25, 0.3) is 5.24 Å². The molecule has 112 valence electrons. The lowest BCUT2D eigenvalue weighted by molar-refractivity contribution is 0.107. The summed E-state index contributed by atoms with van der Waals surface area (Å²) in [6.07, 6.45) is 0. The molecule has 21 heavy (non-hydrogen) atoms. The molecule has 1 aromatic heterocycles. The lowest BCUT2D eigenvalue weighted by Gasteiger charge is -2.14. The molecule has 4 heteroatoms. The number of hydrogen-bond acceptors (Lipinski definition) is 2. The summed E-state index contributed by atoms with van der Waals surface area (Å²) in [6.45, 7) is 10.9. The lowest BCUT2D eigenvalue weighted by Crippen LogP contribution is -2.13. The summed E-state index contributed by atoms with van der Waals surface area (Å²) < 4.78 is 1.69. The molecule has 0 aliphatic rings. The molecule has 0 aliphatic heterocycles. The topological polar surface area (TPSA) is 34.9 Å². The van der Waals surface area contributed by atoms with Crippen LogP contribution in [0.2, 0.25) is 0 Å². The number of carbonyl (C=O) groups is 1. The van der Waals surface area contributed by atoms with Crippen molar-refractivity contribution in [2.45, 2.75) is 46.6 Å². The monoisotopic (exact) mass is 304 g/mol. The lowest BCUT2D eigenvalue weighted by atomic mass is 9.92. The summed E-state index contributed by atoms with van der Waals surface area (Å²) >= 11 is 5.69. The van der Waals surface area contributed by atoms with Gasteiger partial charge < -0.3 is 0 Å². The minimum Gasteiger partial charge on any atom is -0.274 e. The predicted molar refractivity (Wildman–Crippen MR) is 86.1 cm³/mol. The molecule has 1 aromatic carbocycles. The van der Waals surface area contributed by atoms with Crippen LogP contribution < -0.4 is 0 Å². The quantitative estimate of drug-likeness (QED) is 0.796. The van der Waals surface area contributed by atoms with E-state index in [0.717, 1.165) is 11.3 Å². The van der Waals surface area contributed by atoms with E-state index in [-0.39, 0.29) is 5.41 Å². The third-order valence-corrected chi connectivity index (χ3v) is 3.85. The van der Waals surface area contributed by atoms with Gasteiger partial charge in [-0.05, 0) is 48.2 Å². The zero-order valence-corrected chi connectivity index (χ0v) is 14.0. The van der Waals surface area contributed by atoms with Crippen molar-refractivity contribution in [2.24, 2.45) is 0 Å². The van der Waals surface area contributed by atoms with Gasteiger partial charge >= 0.3 is 0 Å². The van der Waals surface area contributed by atoms with Crippen molar-refractivity contribution in [1.29, 1.82) is 0 Å². The van der Waals surface area contributed by atoms with Crippen LogP contribution in [0, 0.1) is 13.8 Å². The zero-order valence-electron chi connectivity index (χ0n) is 13.2. The Bertz CT molecular complexity index is 681. The van der Waals surface area contributed by atoms with E-state index in [0.29, 0.717) is 12.2 Å². The van der Waals surface area contributed by atoms with E-state index >= 15 is 0 Å². The van der Waals surface area contributed by atoms with Gasteiger partial charge in [0, 0.05) is 5.41 Å². The van der Waals surface area contributed by atoms with Crippen LogP contribution in [0.5, 0.6) is 0 Å². The van der Waals surface area contributed by atoms with E-state index in [9.17, 15) is 4.79 Å². The molecular formula is C17H21ClN2O. The second-order valence-electron chi connectivity index (χ2n) is 6.51. The summed E-state index contributed by atoms with van der Waals surface area (Å²) in [5.41, 5.74) is 4.80. The fourth-order valence-electron chi connectivity index (χ4n) is 2.14. The molecule has 0 radical (unpaired) electrons. The van der Waals surface area contributed by atoms with Gasteiger partial charge in [-0.25, -0.2) is 0 Å². The number of hydrogen-bond donors (Lipinski definition) is 0. The molecule has 0 aliphatic carbocycles. The summed E-state index contributed by atoms with van der Waals surface area (Å²) in [7, 11) is 0. The standard InChI is InChI=1S/C17H21ClN2O/c1-11-6-7-13(8-12(11)2)10-20-14(16(18)21)9-15(19-20)17(3,4)5/h6-9H,10H2,1-5H3. The first-order valence-electron chi connectivity index (χ1n) is 7.03. The van der Waals surface area contributed by atoms with Crippen LogP contribution in [0.3, 0.4) is 0 Å². The van der Waals surface area contributed by atoms with Gasteiger partial charge in [-0.15, -0.1) is 0 Å². The first-order chi connectivity index (χ1) is 9.68. The van der Waals surface area contributed by atoms with Crippen molar-refractivity contribution < 1.29 is 4.79 Å². The fourth-order valence-corrected chi connectivity index (χ4v) is 2.29. The van der Waals surface area contributed by atoms with Crippen molar-refractivity contribution >= 4 is 16.8 Å². The molecule has 0 saturated heterocycles. The first kappa shape index (κ1) is 15.8. The maximum atomic E-state index is 11.6. The highest BCUT2D eigenvalue weighted by molar-refractivity contribution is 6.67. The molecule has 0 unspecified atom stereocenters. The van der Waals surface area contributed by atoms with Crippen LogP contribution >= 0.6 is 11.6 Å². The highest BCUT2D eigenvalue weighted by Gasteiger charge is 2.22. The largest absolute Gasteiger partial charge is 0.274 e. The van der Waals surface area contributed by atoms with E-state index in [1.54, 1.807) is 10.7 Å². The van der Waals surface area contributed by atoms with Gasteiger partial charge in [0.15, 0.2) is 0 Å². The smallest absolute Gasteiger partial charge is 0.270 e. The number of aryl methyl sites for hydroxylation is 2. The van der Waals surface area contributed by atoms with Crippen LogP contribution in [-0.4, -0.2) is 15.0 Å². The Morgan fingerprint density at radius 2 is 1.86 bits per heavy atom. The van der Waals surface area contributed by atoms with Crippen LogP contribution in [0.1, 0.15) is 53.6 Å². The van der Waals surface area contributed by atoms with Gasteiger partial charge in [0.05, 0.1) is 12.2 Å². The minimum absolute atomic E-state index is 0.116. The number of benzene rings is 1. The van der Waals surface area contributed by atoms with Gasteiger partial charge in [-0.2, -0.15) is 5.10 Å². The summed E-state index contributed by atoms with van der Waals surface area (Å²) in [6, 6.07) is 8.05. The van der Waals surface area contributed by atoms with E-state index in [4.69, 9.17) is 11.6 Å². The molecule has 0 amide bonds. The van der Waals surface area contributed by atoms with Crippen LogP contribution in [-0.2, 0) is 12.0 Å². The molecule has 0 atom stereocenters. The number of halogens is 1. The highest BCUT2D eigenvalue weighted by atomic mass is 35.5. The first-order valence-corrected chi connectivity index (χ1v) is 7.40. The number of nitrogens with zero attached hydrogens (tertiary/aromatic N) is 2. The minimum atomic E-state index is -0.471. The number of aromatic nitrogens is 2. The average Bonchev–Trinajstić information content (AvgIpc) is 2.78. The van der Waals surface area contributed by atoms with Crippen molar-refractivity contribution in [2.75, 3.05) is 0 Å². The number of rotatable bonds is 3. The second kappa shape index (κ2) is 5.64. The van der Waals surface area contributed by atoms with Crippen LogP contribution in [0.15, 0.2) is 24.3 Å². The Balaban J connectivity index is 2.40. The SMILES string of the molecule is Cc1ccc(Cn2nc(C(C)(C)C)cc2C(=O)Cl)cc1C. The molecular weight excluding hydrogens is 284 g/mol. The van der Waals surface area contributed by atoms with Gasteiger partial charge in [-0.3, -0.25) is 9.48 Å². The van der Waals surface area contributed by atoms with Crippen molar-refractivity contribution in [3.05, 3.63) is 52.3 Å². The molecule has 0 saturated carbocycles. The summed E-state index contributed by atoms with van der Waals surface area (Å²) in [4.78, 5) is 11.6. The second-order valence-corrected chi connectivity index (χ2v) is 6.86. The average molecular weight is 305 g/mol. The van der Waals surface area contributed by atoms with Gasteiger partial charge in [0.1, 0.15) is 5.69 Å². The molecule has 0 spiro atoms. The molecule has 3 nitrogen and oxygen atoms in total. The predicted octanol–water partition coefficient (Wildman–Crippen LogP) is 4.22. The molecule has 0 N–H and O–H groups in total. The maximum absolute atomic E-state index is 11.6. The third-order valence-electron chi connectivity index (χ3n) is 3.65. The highest BCUT2D eigenvalue weighted by Crippen LogP contribution is 2.23. The van der Waals surface area contributed by atoms with E-state index in [1.807, 2.05) is 0 Å². The van der Waals surface area contributed by atoms with E-state index in [2.05, 4.69) is 57.9 Å². The Kier molecular flexibility index (Phi) is 4.24. The molecule has 1 heterocycles. The Morgan fingerprint density at radius 3 is 2.38 bits per heavy atom. The summed E-state index contributed by atoms with van der Waals surface area (Å²) in [5.74, 6) is 0. The van der Waals surface area contributed by atoms with E-state index in [1.165, 1.54) is 11.1 Å². The fraction of sp³-hybridized carbons (Fsp3) is 0.412. The molecule has 0 bridgehead atoms. The van der Waals surface area contributed by atoms with E-state index < -0.39 is 5.24 Å². The Hall–Kier alpha value is -1.61. The van der Waals surface area contributed by atoms with Crippen molar-refractivity contribution in [3.8, 4) is 0 Å². The molecule has 2 rings (SSSR count). The third kappa shape index (κ3) is 3.53.